The van der Waals surface area contributed by atoms with Crippen LogP contribution in [0.15, 0.2) is 42.5 Å². The minimum Gasteiger partial charge on any atom is -0.382 e. The Kier molecular flexibility index (Phi) is 9.32. The van der Waals surface area contributed by atoms with Crippen molar-refractivity contribution in [1.82, 2.24) is 4.90 Å². The van der Waals surface area contributed by atoms with E-state index in [2.05, 4.69) is 36.5 Å². The molecule has 0 aromatic heterocycles. The zero-order chi connectivity index (χ0) is 27.1. The second-order valence-corrected chi connectivity index (χ2v) is 10.4. The number of likely N-dealkylation sites (tertiary alicyclic amines) is 1. The summed E-state index contributed by atoms with van der Waals surface area (Å²) in [6.45, 7) is 3.74. The Hall–Kier alpha value is -3.05. The molecule has 0 bridgehead atoms. The van der Waals surface area contributed by atoms with E-state index in [1.165, 1.54) is 23.3 Å². The Morgan fingerprint density at radius 2 is 1.74 bits per heavy atom. The summed E-state index contributed by atoms with van der Waals surface area (Å²) in [4.78, 5) is 14.6. The Morgan fingerprint density at radius 1 is 1.05 bits per heavy atom. The molecule has 0 radical (unpaired) electrons. The van der Waals surface area contributed by atoms with Crippen LogP contribution >= 0.6 is 0 Å². The largest absolute Gasteiger partial charge is 0.417 e. The Bertz CT molecular complexity index is 1110. The standard InChI is InChI=1S/C30H36F3N3O2/c1-2-3-21-4-6-22(7-5-21)23-14-16-36(17-15-23)29(37)20-38-27-12-10-25(11-13-27)35-26-9-8-24(19-34)28(18-26)30(31,32)33/h4-9,18,23,25,27,35H,2-3,10-17,20H2,1H3. The lowest BCUT2D eigenvalue weighted by Crippen LogP contribution is -2.41. The van der Waals surface area contributed by atoms with E-state index >= 15 is 0 Å². The highest BCUT2D eigenvalue weighted by Crippen LogP contribution is 2.34. The summed E-state index contributed by atoms with van der Waals surface area (Å²) in [5.41, 5.74) is 1.78. The fourth-order valence-corrected chi connectivity index (χ4v) is 5.56. The number of hydrogen-bond acceptors (Lipinski definition) is 4. The smallest absolute Gasteiger partial charge is 0.382 e. The highest BCUT2D eigenvalue weighted by atomic mass is 19.4. The number of nitrogens with zero attached hydrogens (tertiary/aromatic N) is 2. The van der Waals surface area contributed by atoms with Crippen molar-refractivity contribution in [2.24, 2.45) is 0 Å². The first kappa shape index (κ1) is 28.0. The van der Waals surface area contributed by atoms with Crippen molar-refractivity contribution < 1.29 is 22.7 Å². The van der Waals surface area contributed by atoms with Crippen LogP contribution in [0.5, 0.6) is 0 Å². The van der Waals surface area contributed by atoms with Gasteiger partial charge in [0.2, 0.25) is 5.91 Å². The van der Waals surface area contributed by atoms with E-state index in [4.69, 9.17) is 10.00 Å². The summed E-state index contributed by atoms with van der Waals surface area (Å²) >= 11 is 0. The second-order valence-electron chi connectivity index (χ2n) is 10.4. The molecule has 1 aliphatic carbocycles. The average Bonchev–Trinajstić information content (AvgIpc) is 2.93. The highest BCUT2D eigenvalue weighted by molar-refractivity contribution is 5.77. The lowest BCUT2D eigenvalue weighted by atomic mass is 9.88. The van der Waals surface area contributed by atoms with Gasteiger partial charge in [-0.05, 0) is 80.2 Å². The maximum atomic E-state index is 13.2. The van der Waals surface area contributed by atoms with E-state index in [1.807, 2.05) is 4.90 Å². The fourth-order valence-electron chi connectivity index (χ4n) is 5.56. The minimum absolute atomic E-state index is 0.0228. The summed E-state index contributed by atoms with van der Waals surface area (Å²) in [7, 11) is 0. The highest BCUT2D eigenvalue weighted by Gasteiger charge is 2.34. The predicted molar refractivity (Wildman–Crippen MR) is 141 cm³/mol. The van der Waals surface area contributed by atoms with Crippen molar-refractivity contribution in [2.75, 3.05) is 25.0 Å². The number of rotatable bonds is 8. The fraction of sp³-hybridized carbons (Fsp3) is 0.533. The topological polar surface area (TPSA) is 65.4 Å². The molecule has 4 rings (SSSR count). The molecular weight excluding hydrogens is 491 g/mol. The van der Waals surface area contributed by atoms with Gasteiger partial charge in [0, 0.05) is 24.8 Å². The Balaban J connectivity index is 1.18. The van der Waals surface area contributed by atoms with Crippen LogP contribution in [0.1, 0.15) is 80.0 Å². The quantitative estimate of drug-likeness (QED) is 0.416. The average molecular weight is 528 g/mol. The van der Waals surface area contributed by atoms with Crippen LogP contribution in [0.3, 0.4) is 0 Å². The second kappa shape index (κ2) is 12.7. The molecule has 1 amide bonds. The van der Waals surface area contributed by atoms with Gasteiger partial charge in [-0.2, -0.15) is 18.4 Å². The van der Waals surface area contributed by atoms with E-state index in [9.17, 15) is 18.0 Å². The minimum atomic E-state index is -4.57. The third kappa shape index (κ3) is 7.28. The van der Waals surface area contributed by atoms with Crippen molar-refractivity contribution in [1.29, 1.82) is 5.26 Å². The van der Waals surface area contributed by atoms with Crippen molar-refractivity contribution in [3.63, 3.8) is 0 Å². The number of halogens is 3. The molecule has 38 heavy (non-hydrogen) atoms. The number of carbonyl (C=O) groups is 1. The van der Waals surface area contributed by atoms with E-state index in [-0.39, 0.29) is 30.2 Å². The first-order valence-electron chi connectivity index (χ1n) is 13.6. The van der Waals surface area contributed by atoms with E-state index in [0.717, 1.165) is 70.5 Å². The van der Waals surface area contributed by atoms with Gasteiger partial charge in [-0.15, -0.1) is 0 Å². The van der Waals surface area contributed by atoms with Crippen molar-refractivity contribution >= 4 is 11.6 Å². The summed E-state index contributed by atoms with van der Waals surface area (Å²) in [5.74, 6) is 0.515. The van der Waals surface area contributed by atoms with Crippen LogP contribution in [0.2, 0.25) is 0 Å². The number of alkyl halides is 3. The summed E-state index contributed by atoms with van der Waals surface area (Å²) in [6, 6.07) is 14.3. The van der Waals surface area contributed by atoms with Gasteiger partial charge in [0.25, 0.3) is 0 Å². The Morgan fingerprint density at radius 3 is 2.34 bits per heavy atom. The summed E-state index contributed by atoms with van der Waals surface area (Å²) in [5, 5.41) is 12.1. The van der Waals surface area contributed by atoms with Crippen LogP contribution in [0, 0.1) is 11.3 Å². The van der Waals surface area contributed by atoms with Gasteiger partial charge in [-0.3, -0.25) is 4.79 Å². The molecule has 204 valence electrons. The molecule has 0 spiro atoms. The molecule has 1 heterocycles. The lowest BCUT2D eigenvalue weighted by molar-refractivity contribution is -0.140. The van der Waals surface area contributed by atoms with Crippen molar-refractivity contribution in [3.05, 3.63) is 64.7 Å². The van der Waals surface area contributed by atoms with Gasteiger partial charge in [-0.1, -0.05) is 37.6 Å². The number of aryl methyl sites for hydroxylation is 1. The van der Waals surface area contributed by atoms with E-state index in [0.29, 0.717) is 11.6 Å². The molecule has 1 N–H and O–H groups in total. The number of nitrogens with one attached hydrogen (secondary N) is 1. The summed E-state index contributed by atoms with van der Waals surface area (Å²) in [6.07, 6.45) is 2.52. The number of amides is 1. The number of hydrogen-bond donors (Lipinski definition) is 1. The van der Waals surface area contributed by atoms with E-state index in [1.54, 1.807) is 6.07 Å². The molecule has 0 atom stereocenters. The first-order chi connectivity index (χ1) is 18.3. The number of benzene rings is 2. The molecule has 2 fully saturated rings. The molecule has 1 saturated heterocycles. The zero-order valence-corrected chi connectivity index (χ0v) is 21.9. The third-order valence-electron chi connectivity index (χ3n) is 7.77. The third-order valence-corrected chi connectivity index (χ3v) is 7.77. The number of anilines is 1. The summed E-state index contributed by atoms with van der Waals surface area (Å²) < 4.78 is 45.6. The first-order valence-corrected chi connectivity index (χ1v) is 13.6. The molecule has 2 aromatic carbocycles. The van der Waals surface area contributed by atoms with Gasteiger partial charge in [0.1, 0.15) is 6.61 Å². The molecule has 2 aromatic rings. The van der Waals surface area contributed by atoms with Gasteiger partial charge in [0.05, 0.1) is 23.3 Å². The van der Waals surface area contributed by atoms with E-state index < -0.39 is 11.7 Å². The van der Waals surface area contributed by atoms with Crippen LogP contribution in [-0.2, 0) is 22.1 Å². The number of piperidine rings is 1. The Labute approximate surface area is 223 Å². The molecule has 8 heteroatoms. The van der Waals surface area contributed by atoms with Crippen LogP contribution < -0.4 is 5.32 Å². The van der Waals surface area contributed by atoms with Gasteiger partial charge >= 0.3 is 6.18 Å². The predicted octanol–water partition coefficient (Wildman–Crippen LogP) is 6.68. The molecule has 0 unspecified atom stereocenters. The number of carbonyl (C=O) groups excluding carboxylic acids is 1. The zero-order valence-electron chi connectivity index (χ0n) is 21.9. The van der Waals surface area contributed by atoms with Gasteiger partial charge < -0.3 is 15.0 Å². The molecule has 1 aliphatic heterocycles. The lowest BCUT2D eigenvalue weighted by Gasteiger charge is -2.33. The molecule has 2 aliphatic rings. The molecule has 1 saturated carbocycles. The van der Waals surface area contributed by atoms with Crippen LogP contribution in [-0.4, -0.2) is 42.6 Å². The van der Waals surface area contributed by atoms with Crippen molar-refractivity contribution in [3.8, 4) is 6.07 Å². The van der Waals surface area contributed by atoms with Crippen LogP contribution in [0.25, 0.3) is 0 Å². The van der Waals surface area contributed by atoms with Crippen molar-refractivity contribution in [2.45, 2.75) is 82.5 Å². The normalized spacial score (nSPS) is 20.7. The number of ether oxygens (including phenoxy) is 1. The van der Waals surface area contributed by atoms with Crippen LogP contribution in [0.4, 0.5) is 18.9 Å². The molecule has 5 nitrogen and oxygen atoms in total. The SMILES string of the molecule is CCCc1ccc(C2CCN(C(=O)COC3CCC(Nc4ccc(C#N)c(C(F)(F)F)c4)CC3)CC2)cc1. The number of nitriles is 1. The molecular formula is C30H36F3N3O2. The maximum Gasteiger partial charge on any atom is 0.417 e. The maximum absolute atomic E-state index is 13.2. The van der Waals surface area contributed by atoms with Gasteiger partial charge in [-0.25, -0.2) is 0 Å². The van der Waals surface area contributed by atoms with Gasteiger partial charge in [0.15, 0.2) is 0 Å². The monoisotopic (exact) mass is 527 g/mol.